The number of H-pyrrole nitrogens is 1. The Bertz CT molecular complexity index is 673. The first-order valence-corrected chi connectivity index (χ1v) is 7.89. The number of halogens is 1. The highest BCUT2D eigenvalue weighted by Crippen LogP contribution is 2.21. The van der Waals surface area contributed by atoms with E-state index in [1.807, 2.05) is 0 Å². The predicted molar refractivity (Wildman–Crippen MR) is 77.2 cm³/mol. The number of pyridine rings is 1. The van der Waals surface area contributed by atoms with Crippen LogP contribution in [0.5, 0.6) is 0 Å². The van der Waals surface area contributed by atoms with Gasteiger partial charge in [0.05, 0.1) is 6.33 Å². The fraction of sp³-hybridized carbons (Fsp3) is 0.200. The van der Waals surface area contributed by atoms with Crippen LogP contribution in [-0.2, 0) is 16.4 Å². The van der Waals surface area contributed by atoms with Crippen molar-refractivity contribution in [3.05, 3.63) is 35.0 Å². The Balaban J connectivity index is 2.11. The lowest BCUT2D eigenvalue weighted by Crippen LogP contribution is -2.27. The molecule has 0 saturated carbocycles. The van der Waals surface area contributed by atoms with Crippen LogP contribution >= 0.6 is 15.9 Å². The smallest absolute Gasteiger partial charge is 0.244 e. The number of nitrogens with zero attached hydrogens (tertiary/aromatic N) is 2. The normalized spacial score (nSPS) is 11.5. The van der Waals surface area contributed by atoms with E-state index in [0.717, 1.165) is 5.69 Å². The SMILES string of the molecule is NNc1ncc(Br)cc1S(=O)(=O)NCCc1cnc[nH]1. The highest BCUT2D eigenvalue weighted by molar-refractivity contribution is 9.10. The summed E-state index contributed by atoms with van der Waals surface area (Å²) in [6, 6.07) is 1.43. The van der Waals surface area contributed by atoms with Crippen LogP contribution in [0.15, 0.2) is 34.2 Å². The Kier molecular flexibility index (Phi) is 4.70. The van der Waals surface area contributed by atoms with Gasteiger partial charge in [0.15, 0.2) is 5.82 Å². The third kappa shape index (κ3) is 3.54. The maximum atomic E-state index is 12.2. The lowest BCUT2D eigenvalue weighted by atomic mass is 10.3. The number of nitrogen functional groups attached to an aromatic ring is 1. The maximum Gasteiger partial charge on any atom is 0.244 e. The first-order chi connectivity index (χ1) is 9.53. The minimum absolute atomic E-state index is 0.0148. The minimum atomic E-state index is -3.70. The Hall–Kier alpha value is -1.49. The molecule has 2 rings (SSSR count). The second-order valence-corrected chi connectivity index (χ2v) is 6.52. The highest BCUT2D eigenvalue weighted by Gasteiger charge is 2.19. The molecule has 0 aliphatic heterocycles. The minimum Gasteiger partial charge on any atom is -0.348 e. The summed E-state index contributed by atoms with van der Waals surface area (Å²) < 4.78 is 27.4. The van der Waals surface area contributed by atoms with Crippen molar-refractivity contribution in [1.82, 2.24) is 19.7 Å². The summed E-state index contributed by atoms with van der Waals surface area (Å²) >= 11 is 3.18. The maximum absolute atomic E-state index is 12.2. The fourth-order valence-corrected chi connectivity index (χ4v) is 3.21. The van der Waals surface area contributed by atoms with Crippen LogP contribution in [0.4, 0.5) is 5.82 Å². The molecule has 8 nitrogen and oxygen atoms in total. The molecule has 10 heteroatoms. The van der Waals surface area contributed by atoms with E-state index in [1.54, 1.807) is 12.5 Å². The standard InChI is InChI=1S/C10H13BrN6O2S/c11-7-3-9(10(17-12)14-4-7)20(18,19)16-2-1-8-5-13-6-15-8/h3-6,16H,1-2,12H2,(H,13,15)(H,14,17). The molecule has 0 radical (unpaired) electrons. The second-order valence-electron chi connectivity index (χ2n) is 3.87. The number of aromatic amines is 1. The van der Waals surface area contributed by atoms with Crippen molar-refractivity contribution < 1.29 is 8.42 Å². The van der Waals surface area contributed by atoms with Crippen LogP contribution in [0.1, 0.15) is 5.69 Å². The van der Waals surface area contributed by atoms with E-state index in [0.29, 0.717) is 10.9 Å². The van der Waals surface area contributed by atoms with Crippen molar-refractivity contribution in [2.45, 2.75) is 11.3 Å². The molecule has 2 heterocycles. The molecule has 0 spiro atoms. The summed E-state index contributed by atoms with van der Waals surface area (Å²) in [6.45, 7) is 0.237. The van der Waals surface area contributed by atoms with E-state index >= 15 is 0 Å². The molecule has 20 heavy (non-hydrogen) atoms. The molecule has 2 aromatic heterocycles. The zero-order chi connectivity index (χ0) is 14.6. The van der Waals surface area contributed by atoms with E-state index in [9.17, 15) is 8.42 Å². The third-order valence-electron chi connectivity index (χ3n) is 2.49. The molecule has 0 aliphatic rings. The van der Waals surface area contributed by atoms with Crippen LogP contribution in [0.3, 0.4) is 0 Å². The molecular weight excluding hydrogens is 348 g/mol. The number of hydrogen-bond acceptors (Lipinski definition) is 6. The van der Waals surface area contributed by atoms with Gasteiger partial charge in [-0.2, -0.15) is 0 Å². The number of hydrazine groups is 1. The van der Waals surface area contributed by atoms with Gasteiger partial charge in [0.1, 0.15) is 4.90 Å². The first-order valence-electron chi connectivity index (χ1n) is 5.62. The molecule has 0 fully saturated rings. The largest absolute Gasteiger partial charge is 0.348 e. The average Bonchev–Trinajstić information content (AvgIpc) is 2.91. The molecular formula is C10H13BrN6O2S. The Morgan fingerprint density at radius 1 is 1.40 bits per heavy atom. The van der Waals surface area contributed by atoms with Crippen LogP contribution in [0.2, 0.25) is 0 Å². The van der Waals surface area contributed by atoms with Crippen molar-refractivity contribution in [3.63, 3.8) is 0 Å². The zero-order valence-corrected chi connectivity index (χ0v) is 12.7. The lowest BCUT2D eigenvalue weighted by Gasteiger charge is -2.10. The molecule has 108 valence electrons. The number of sulfonamides is 1. The molecule has 0 aliphatic carbocycles. The van der Waals surface area contributed by atoms with Gasteiger partial charge in [-0.3, -0.25) is 0 Å². The molecule has 0 atom stereocenters. The van der Waals surface area contributed by atoms with Gasteiger partial charge >= 0.3 is 0 Å². The van der Waals surface area contributed by atoms with Gasteiger partial charge in [0, 0.05) is 35.5 Å². The quantitative estimate of drug-likeness (QED) is 0.435. The van der Waals surface area contributed by atoms with Crippen molar-refractivity contribution in [3.8, 4) is 0 Å². The summed E-state index contributed by atoms with van der Waals surface area (Å²) in [5.74, 6) is 5.36. The summed E-state index contributed by atoms with van der Waals surface area (Å²) in [5, 5.41) is 0. The Morgan fingerprint density at radius 2 is 2.20 bits per heavy atom. The highest BCUT2D eigenvalue weighted by atomic mass is 79.9. The number of hydrogen-bond donors (Lipinski definition) is 4. The lowest BCUT2D eigenvalue weighted by molar-refractivity contribution is 0.581. The number of imidazole rings is 1. The molecule has 0 amide bonds. The molecule has 0 bridgehead atoms. The summed E-state index contributed by atoms with van der Waals surface area (Å²) in [4.78, 5) is 10.6. The van der Waals surface area contributed by atoms with Crippen molar-refractivity contribution >= 4 is 31.8 Å². The molecule has 2 aromatic rings. The van der Waals surface area contributed by atoms with Gasteiger partial charge in [0.25, 0.3) is 0 Å². The number of nitrogens with two attached hydrogens (primary N) is 1. The third-order valence-corrected chi connectivity index (χ3v) is 4.39. The predicted octanol–water partition coefficient (Wildman–Crippen LogP) is 0.374. The fourth-order valence-electron chi connectivity index (χ4n) is 1.55. The summed E-state index contributed by atoms with van der Waals surface area (Å²) in [7, 11) is -3.70. The van der Waals surface area contributed by atoms with Gasteiger partial charge in [-0.05, 0) is 22.0 Å². The van der Waals surface area contributed by atoms with Crippen LogP contribution < -0.4 is 16.0 Å². The van der Waals surface area contributed by atoms with Crippen molar-refractivity contribution in [2.24, 2.45) is 5.84 Å². The molecule has 0 saturated heterocycles. The Morgan fingerprint density at radius 3 is 2.85 bits per heavy atom. The van der Waals surface area contributed by atoms with Crippen molar-refractivity contribution in [1.29, 1.82) is 0 Å². The average molecular weight is 361 g/mol. The number of aromatic nitrogens is 3. The summed E-state index contributed by atoms with van der Waals surface area (Å²) in [5.41, 5.74) is 3.11. The zero-order valence-electron chi connectivity index (χ0n) is 10.3. The van der Waals surface area contributed by atoms with E-state index < -0.39 is 10.0 Å². The van der Waals surface area contributed by atoms with Gasteiger partial charge in [-0.1, -0.05) is 0 Å². The monoisotopic (exact) mass is 360 g/mol. The first kappa shape index (κ1) is 14.9. The van der Waals surface area contributed by atoms with Gasteiger partial charge in [0.2, 0.25) is 10.0 Å². The van der Waals surface area contributed by atoms with Gasteiger partial charge in [-0.15, -0.1) is 0 Å². The van der Waals surface area contributed by atoms with E-state index in [4.69, 9.17) is 5.84 Å². The summed E-state index contributed by atoms with van der Waals surface area (Å²) in [6.07, 6.45) is 5.14. The topological polar surface area (TPSA) is 126 Å². The van der Waals surface area contributed by atoms with Crippen LogP contribution in [0, 0.1) is 0 Å². The second kappa shape index (κ2) is 6.31. The Labute approximate surface area is 124 Å². The van der Waals surface area contributed by atoms with Gasteiger partial charge in [-0.25, -0.2) is 29.0 Å². The van der Waals surface area contributed by atoms with Crippen LogP contribution in [0.25, 0.3) is 0 Å². The number of anilines is 1. The molecule has 0 aromatic carbocycles. The molecule has 0 unspecified atom stereocenters. The van der Waals surface area contributed by atoms with E-state index in [1.165, 1.54) is 12.3 Å². The number of rotatable bonds is 6. The van der Waals surface area contributed by atoms with E-state index in [2.05, 4.69) is 41.0 Å². The van der Waals surface area contributed by atoms with Crippen molar-refractivity contribution in [2.75, 3.05) is 12.0 Å². The molecule has 5 N–H and O–H groups in total. The van der Waals surface area contributed by atoms with E-state index in [-0.39, 0.29) is 17.3 Å². The number of nitrogens with one attached hydrogen (secondary N) is 3. The van der Waals surface area contributed by atoms with Gasteiger partial charge < -0.3 is 10.4 Å². The van der Waals surface area contributed by atoms with Crippen LogP contribution in [-0.4, -0.2) is 29.9 Å².